The fourth-order valence-electron chi connectivity index (χ4n) is 1.34. The highest BCUT2D eigenvalue weighted by Gasteiger charge is 2.05. The average molecular weight is 258 g/mol. The molecule has 0 heterocycles. The molecule has 0 unspecified atom stereocenters. The third-order valence-corrected chi connectivity index (χ3v) is 2.24. The molecule has 0 bridgehead atoms. The lowest BCUT2D eigenvalue weighted by molar-refractivity contribution is -0.120. The molecule has 100 valence electrons. The van der Waals surface area contributed by atoms with Gasteiger partial charge >= 0.3 is 0 Å². The van der Waals surface area contributed by atoms with Crippen molar-refractivity contribution in [2.24, 2.45) is 0 Å². The summed E-state index contributed by atoms with van der Waals surface area (Å²) in [6.45, 7) is 0.997. The van der Waals surface area contributed by atoms with Crippen LogP contribution in [0.25, 0.3) is 0 Å². The first kappa shape index (κ1) is 14.5. The van der Waals surface area contributed by atoms with Gasteiger partial charge in [-0.15, -0.1) is 0 Å². The van der Waals surface area contributed by atoms with Gasteiger partial charge in [0, 0.05) is 25.8 Å². The van der Waals surface area contributed by atoms with Gasteiger partial charge in [-0.25, -0.2) is 8.78 Å². The maximum absolute atomic E-state index is 13.2. The van der Waals surface area contributed by atoms with Gasteiger partial charge in [0.15, 0.2) is 0 Å². The molecule has 0 saturated carbocycles. The first-order chi connectivity index (χ1) is 8.63. The summed E-state index contributed by atoms with van der Waals surface area (Å²) in [7, 11) is 1.54. The highest BCUT2D eigenvalue weighted by Crippen LogP contribution is 2.08. The number of carbonyl (C=O) groups is 1. The van der Waals surface area contributed by atoms with Gasteiger partial charge in [0.05, 0.1) is 13.2 Å². The van der Waals surface area contributed by atoms with Gasteiger partial charge in [0.25, 0.3) is 0 Å². The molecular formula is C12H16F2N2O2. The minimum absolute atomic E-state index is 0.0413. The topological polar surface area (TPSA) is 50.4 Å². The first-order valence-electron chi connectivity index (χ1n) is 5.53. The van der Waals surface area contributed by atoms with Crippen molar-refractivity contribution in [1.29, 1.82) is 0 Å². The van der Waals surface area contributed by atoms with Crippen LogP contribution in [0.4, 0.5) is 8.78 Å². The van der Waals surface area contributed by atoms with E-state index in [1.807, 2.05) is 0 Å². The van der Waals surface area contributed by atoms with E-state index < -0.39 is 11.6 Å². The lowest BCUT2D eigenvalue weighted by atomic mass is 10.2. The van der Waals surface area contributed by atoms with Crippen molar-refractivity contribution in [3.8, 4) is 0 Å². The minimum atomic E-state index is -0.502. The lowest BCUT2D eigenvalue weighted by Gasteiger charge is -2.07. The maximum Gasteiger partial charge on any atom is 0.234 e. The quantitative estimate of drug-likeness (QED) is 0.712. The van der Waals surface area contributed by atoms with E-state index in [1.165, 1.54) is 7.11 Å². The molecule has 2 N–H and O–H groups in total. The molecule has 0 saturated heterocycles. The molecule has 18 heavy (non-hydrogen) atoms. The SMILES string of the molecule is COCCNC(=O)CNCc1cc(F)ccc1F. The Balaban J connectivity index is 2.28. The summed E-state index contributed by atoms with van der Waals surface area (Å²) in [5.74, 6) is -1.22. The van der Waals surface area contributed by atoms with Crippen molar-refractivity contribution < 1.29 is 18.3 Å². The van der Waals surface area contributed by atoms with Crippen LogP contribution in [0.5, 0.6) is 0 Å². The summed E-state index contributed by atoms with van der Waals surface area (Å²) < 4.78 is 30.8. The number of carbonyl (C=O) groups excluding carboxylic acids is 1. The number of hydrogen-bond donors (Lipinski definition) is 2. The van der Waals surface area contributed by atoms with Crippen LogP contribution < -0.4 is 10.6 Å². The second-order valence-corrected chi connectivity index (χ2v) is 3.68. The third kappa shape index (κ3) is 5.20. The van der Waals surface area contributed by atoms with Crippen LogP contribution in [0.2, 0.25) is 0 Å². The van der Waals surface area contributed by atoms with Crippen LogP contribution in [0.1, 0.15) is 5.56 Å². The second-order valence-electron chi connectivity index (χ2n) is 3.68. The Kier molecular flexibility index (Phi) is 6.24. The smallest absolute Gasteiger partial charge is 0.234 e. The minimum Gasteiger partial charge on any atom is -0.383 e. The molecule has 1 aromatic carbocycles. The number of nitrogens with one attached hydrogen (secondary N) is 2. The summed E-state index contributed by atoms with van der Waals surface area (Å²) in [6.07, 6.45) is 0. The van der Waals surface area contributed by atoms with Crippen molar-refractivity contribution in [3.05, 3.63) is 35.4 Å². The molecule has 4 nitrogen and oxygen atoms in total. The van der Waals surface area contributed by atoms with Crippen LogP contribution in [0, 0.1) is 11.6 Å². The lowest BCUT2D eigenvalue weighted by Crippen LogP contribution is -2.35. The summed E-state index contributed by atoms with van der Waals surface area (Å²) in [5, 5.41) is 5.34. The highest BCUT2D eigenvalue weighted by molar-refractivity contribution is 5.77. The van der Waals surface area contributed by atoms with Crippen LogP contribution in [-0.4, -0.2) is 32.7 Å². The van der Waals surface area contributed by atoms with Gasteiger partial charge < -0.3 is 15.4 Å². The Hall–Kier alpha value is -1.53. The molecule has 1 amide bonds. The van der Waals surface area contributed by atoms with Crippen LogP contribution in [-0.2, 0) is 16.1 Å². The maximum atomic E-state index is 13.2. The monoisotopic (exact) mass is 258 g/mol. The number of amides is 1. The van der Waals surface area contributed by atoms with Crippen molar-refractivity contribution in [1.82, 2.24) is 10.6 Å². The van der Waals surface area contributed by atoms with Crippen molar-refractivity contribution in [2.45, 2.75) is 6.54 Å². The fourth-order valence-corrected chi connectivity index (χ4v) is 1.34. The van der Waals surface area contributed by atoms with Crippen molar-refractivity contribution in [2.75, 3.05) is 26.8 Å². The van der Waals surface area contributed by atoms with Crippen molar-refractivity contribution >= 4 is 5.91 Å². The first-order valence-corrected chi connectivity index (χ1v) is 5.53. The largest absolute Gasteiger partial charge is 0.383 e. The number of hydrogen-bond acceptors (Lipinski definition) is 3. The van der Waals surface area contributed by atoms with E-state index in [0.717, 1.165) is 18.2 Å². The summed E-state index contributed by atoms with van der Waals surface area (Å²) in [6, 6.07) is 3.21. The molecule has 1 aromatic rings. The van der Waals surface area contributed by atoms with E-state index in [0.29, 0.717) is 13.2 Å². The van der Waals surface area contributed by atoms with Gasteiger partial charge in [-0.1, -0.05) is 0 Å². The van der Waals surface area contributed by atoms with Gasteiger partial charge in [0.1, 0.15) is 11.6 Å². The Morgan fingerprint density at radius 3 is 2.89 bits per heavy atom. The van der Waals surface area contributed by atoms with Crippen LogP contribution in [0.3, 0.4) is 0 Å². The molecule has 0 aromatic heterocycles. The molecule has 0 fully saturated rings. The van der Waals surface area contributed by atoms with E-state index in [4.69, 9.17) is 4.74 Å². The molecule has 0 spiro atoms. The summed E-state index contributed by atoms with van der Waals surface area (Å²) in [5.41, 5.74) is 0.194. The van der Waals surface area contributed by atoms with Crippen LogP contribution >= 0.6 is 0 Å². The predicted octanol–water partition coefficient (Wildman–Crippen LogP) is 0.817. The van der Waals surface area contributed by atoms with Gasteiger partial charge in [-0.3, -0.25) is 4.79 Å². The Morgan fingerprint density at radius 1 is 1.39 bits per heavy atom. The zero-order valence-corrected chi connectivity index (χ0v) is 10.1. The Morgan fingerprint density at radius 2 is 2.17 bits per heavy atom. The van der Waals surface area contributed by atoms with Gasteiger partial charge in [-0.2, -0.15) is 0 Å². The molecule has 1 rings (SSSR count). The molecule has 6 heteroatoms. The van der Waals surface area contributed by atoms with E-state index in [-0.39, 0.29) is 24.6 Å². The Labute approximate surface area is 104 Å². The summed E-state index contributed by atoms with van der Waals surface area (Å²) >= 11 is 0. The number of rotatable bonds is 7. The average Bonchev–Trinajstić information content (AvgIpc) is 2.34. The van der Waals surface area contributed by atoms with E-state index in [9.17, 15) is 13.6 Å². The normalized spacial score (nSPS) is 10.4. The molecular weight excluding hydrogens is 242 g/mol. The second kappa shape index (κ2) is 7.73. The van der Waals surface area contributed by atoms with E-state index >= 15 is 0 Å². The number of ether oxygens (including phenoxy) is 1. The van der Waals surface area contributed by atoms with E-state index in [1.54, 1.807) is 0 Å². The molecule has 0 aliphatic rings. The van der Waals surface area contributed by atoms with Gasteiger partial charge in [0.2, 0.25) is 5.91 Å². The zero-order chi connectivity index (χ0) is 13.4. The summed E-state index contributed by atoms with van der Waals surface area (Å²) in [4.78, 5) is 11.3. The molecule has 0 aliphatic carbocycles. The fraction of sp³-hybridized carbons (Fsp3) is 0.417. The zero-order valence-electron chi connectivity index (χ0n) is 10.1. The number of halogens is 2. The predicted molar refractivity (Wildman–Crippen MR) is 63.0 cm³/mol. The molecule has 0 atom stereocenters. The van der Waals surface area contributed by atoms with Crippen molar-refractivity contribution in [3.63, 3.8) is 0 Å². The third-order valence-electron chi connectivity index (χ3n) is 2.24. The highest BCUT2D eigenvalue weighted by atomic mass is 19.1. The number of benzene rings is 1. The molecule has 0 aliphatic heterocycles. The van der Waals surface area contributed by atoms with Crippen LogP contribution in [0.15, 0.2) is 18.2 Å². The standard InChI is InChI=1S/C12H16F2N2O2/c1-18-5-4-16-12(17)8-15-7-9-6-10(13)2-3-11(9)14/h2-3,6,15H,4-5,7-8H2,1H3,(H,16,17). The van der Waals surface area contributed by atoms with Gasteiger partial charge in [-0.05, 0) is 18.2 Å². The molecule has 0 radical (unpaired) electrons. The van der Waals surface area contributed by atoms with E-state index in [2.05, 4.69) is 10.6 Å². The number of methoxy groups -OCH3 is 1. The Bertz CT molecular complexity index is 400.